The van der Waals surface area contributed by atoms with Crippen LogP contribution in [0.15, 0.2) is 48.0 Å². The zero-order valence-electron chi connectivity index (χ0n) is 15.5. The van der Waals surface area contributed by atoms with Crippen LogP contribution in [-0.4, -0.2) is 51.9 Å². The van der Waals surface area contributed by atoms with Gasteiger partial charge in [0.1, 0.15) is 5.82 Å². The number of pyridine rings is 1. The maximum absolute atomic E-state index is 14.1. The lowest BCUT2D eigenvalue weighted by atomic mass is 10.1. The van der Waals surface area contributed by atoms with Gasteiger partial charge in [-0.15, -0.1) is 11.3 Å². The van der Waals surface area contributed by atoms with E-state index in [4.69, 9.17) is 11.6 Å². The Morgan fingerprint density at radius 1 is 1.17 bits per heavy atom. The van der Waals surface area contributed by atoms with Gasteiger partial charge in [0.25, 0.3) is 5.91 Å². The Morgan fingerprint density at radius 3 is 2.72 bits per heavy atom. The molecule has 0 saturated carbocycles. The molecule has 1 fully saturated rings. The van der Waals surface area contributed by atoms with Crippen LogP contribution in [0.4, 0.5) is 15.3 Å². The molecule has 0 unspecified atom stereocenters. The number of carbonyl (C=O) groups excluding carboxylic acids is 1. The Hall–Kier alpha value is -2.55. The van der Waals surface area contributed by atoms with Gasteiger partial charge in [-0.1, -0.05) is 23.7 Å². The van der Waals surface area contributed by atoms with Crippen molar-refractivity contribution in [1.82, 2.24) is 19.8 Å². The SMILES string of the molecule is O=C(c1cccc(Cl)c1F)N1CCN(Cc2cccc(Nc3nccs3)n2)CC1. The van der Waals surface area contributed by atoms with Crippen molar-refractivity contribution in [3.05, 3.63) is 70.1 Å². The first-order valence-electron chi connectivity index (χ1n) is 9.18. The molecule has 3 aromatic rings. The van der Waals surface area contributed by atoms with Crippen LogP contribution in [0.5, 0.6) is 0 Å². The number of anilines is 2. The normalized spacial score (nSPS) is 14.8. The number of aromatic nitrogens is 2. The highest BCUT2D eigenvalue weighted by atomic mass is 35.5. The van der Waals surface area contributed by atoms with Crippen LogP contribution in [0.3, 0.4) is 0 Å². The van der Waals surface area contributed by atoms with E-state index in [0.717, 1.165) is 16.6 Å². The van der Waals surface area contributed by atoms with Crippen LogP contribution in [-0.2, 0) is 6.54 Å². The Bertz CT molecular complexity index is 992. The second kappa shape index (κ2) is 8.86. The highest BCUT2D eigenvalue weighted by molar-refractivity contribution is 7.13. The highest BCUT2D eigenvalue weighted by Crippen LogP contribution is 2.21. The zero-order chi connectivity index (χ0) is 20.2. The van der Waals surface area contributed by atoms with Gasteiger partial charge in [-0.3, -0.25) is 9.69 Å². The van der Waals surface area contributed by atoms with Crippen molar-refractivity contribution in [2.24, 2.45) is 0 Å². The van der Waals surface area contributed by atoms with Crippen LogP contribution < -0.4 is 5.32 Å². The molecule has 0 atom stereocenters. The lowest BCUT2D eigenvalue weighted by molar-refractivity contribution is 0.0622. The van der Waals surface area contributed by atoms with Crippen molar-refractivity contribution in [2.75, 3.05) is 31.5 Å². The molecule has 150 valence electrons. The van der Waals surface area contributed by atoms with Gasteiger partial charge in [-0.05, 0) is 24.3 Å². The van der Waals surface area contributed by atoms with E-state index in [2.05, 4.69) is 20.2 Å². The summed E-state index contributed by atoms with van der Waals surface area (Å²) in [5.74, 6) is -0.226. The minimum absolute atomic E-state index is 0.0218. The summed E-state index contributed by atoms with van der Waals surface area (Å²) in [5.41, 5.74) is 0.959. The van der Waals surface area contributed by atoms with Gasteiger partial charge in [0.2, 0.25) is 0 Å². The van der Waals surface area contributed by atoms with Gasteiger partial charge in [0.05, 0.1) is 16.3 Å². The van der Waals surface area contributed by atoms with E-state index in [1.165, 1.54) is 23.5 Å². The Morgan fingerprint density at radius 2 is 1.97 bits per heavy atom. The summed E-state index contributed by atoms with van der Waals surface area (Å²) in [6.07, 6.45) is 1.74. The second-order valence-corrected chi connectivity index (χ2v) is 7.95. The van der Waals surface area contributed by atoms with E-state index in [9.17, 15) is 9.18 Å². The molecule has 0 aliphatic carbocycles. The molecule has 29 heavy (non-hydrogen) atoms. The minimum Gasteiger partial charge on any atom is -0.336 e. The lowest BCUT2D eigenvalue weighted by Gasteiger charge is -2.34. The van der Waals surface area contributed by atoms with Crippen molar-refractivity contribution in [1.29, 1.82) is 0 Å². The van der Waals surface area contributed by atoms with Gasteiger partial charge in [0, 0.05) is 44.3 Å². The molecule has 9 heteroatoms. The van der Waals surface area contributed by atoms with Crippen LogP contribution in [0.25, 0.3) is 0 Å². The van der Waals surface area contributed by atoms with Gasteiger partial charge < -0.3 is 10.2 Å². The summed E-state index contributed by atoms with van der Waals surface area (Å²) in [6, 6.07) is 10.3. The molecule has 1 aliphatic heterocycles. The smallest absolute Gasteiger partial charge is 0.256 e. The van der Waals surface area contributed by atoms with E-state index in [0.29, 0.717) is 32.7 Å². The third kappa shape index (κ3) is 4.72. The number of benzene rings is 1. The number of thiazole rings is 1. The molecule has 1 aromatic carbocycles. The van der Waals surface area contributed by atoms with Gasteiger partial charge >= 0.3 is 0 Å². The average molecular weight is 432 g/mol. The van der Waals surface area contributed by atoms with Crippen LogP contribution in [0.1, 0.15) is 16.1 Å². The quantitative estimate of drug-likeness (QED) is 0.660. The van der Waals surface area contributed by atoms with E-state index < -0.39 is 5.82 Å². The van der Waals surface area contributed by atoms with Gasteiger partial charge in [-0.25, -0.2) is 14.4 Å². The fourth-order valence-corrected chi connectivity index (χ4v) is 3.92. The predicted octanol–water partition coefficient (Wildman–Crippen LogP) is 4.03. The van der Waals surface area contributed by atoms with E-state index in [-0.39, 0.29) is 16.5 Å². The molecule has 2 aromatic heterocycles. The van der Waals surface area contributed by atoms with Gasteiger partial charge in [-0.2, -0.15) is 0 Å². The zero-order valence-corrected chi connectivity index (χ0v) is 17.1. The molecule has 0 radical (unpaired) electrons. The van der Waals surface area contributed by atoms with Crippen molar-refractivity contribution in [3.63, 3.8) is 0 Å². The second-order valence-electron chi connectivity index (χ2n) is 6.65. The Kier molecular flexibility index (Phi) is 6.03. The fourth-order valence-electron chi connectivity index (χ4n) is 3.21. The number of nitrogens with one attached hydrogen (secondary N) is 1. The minimum atomic E-state index is -0.657. The summed E-state index contributed by atoms with van der Waals surface area (Å²) < 4.78 is 14.1. The molecular formula is C20H19ClFN5OS. The Labute approximate surface area is 177 Å². The fraction of sp³-hybridized carbons (Fsp3) is 0.250. The van der Waals surface area contributed by atoms with Crippen molar-refractivity contribution >= 4 is 39.8 Å². The van der Waals surface area contributed by atoms with Crippen molar-refractivity contribution < 1.29 is 9.18 Å². The third-order valence-corrected chi connectivity index (χ3v) is 5.68. The number of piperazine rings is 1. The molecule has 1 aliphatic rings. The Balaban J connectivity index is 1.34. The number of rotatable bonds is 5. The van der Waals surface area contributed by atoms with E-state index in [1.807, 2.05) is 23.6 Å². The summed E-state index contributed by atoms with van der Waals surface area (Å²) in [4.78, 5) is 25.3. The van der Waals surface area contributed by atoms with Crippen LogP contribution in [0, 0.1) is 5.82 Å². The van der Waals surface area contributed by atoms with E-state index in [1.54, 1.807) is 17.2 Å². The van der Waals surface area contributed by atoms with Crippen LogP contribution >= 0.6 is 22.9 Å². The summed E-state index contributed by atoms with van der Waals surface area (Å²) in [6.45, 7) is 3.13. The summed E-state index contributed by atoms with van der Waals surface area (Å²) in [5, 5.41) is 5.86. The number of halogens is 2. The van der Waals surface area contributed by atoms with Gasteiger partial charge in [0.15, 0.2) is 10.9 Å². The van der Waals surface area contributed by atoms with Crippen molar-refractivity contribution in [3.8, 4) is 0 Å². The molecule has 1 saturated heterocycles. The maximum atomic E-state index is 14.1. The van der Waals surface area contributed by atoms with Crippen molar-refractivity contribution in [2.45, 2.75) is 6.54 Å². The molecule has 0 spiro atoms. The summed E-state index contributed by atoms with van der Waals surface area (Å²) >= 11 is 7.32. The maximum Gasteiger partial charge on any atom is 0.256 e. The first-order chi connectivity index (χ1) is 14.1. The monoisotopic (exact) mass is 431 g/mol. The molecule has 1 amide bonds. The number of hydrogen-bond donors (Lipinski definition) is 1. The lowest BCUT2D eigenvalue weighted by Crippen LogP contribution is -2.48. The molecule has 0 bridgehead atoms. The number of amides is 1. The predicted molar refractivity (Wildman–Crippen MR) is 112 cm³/mol. The molecule has 1 N–H and O–H groups in total. The highest BCUT2D eigenvalue weighted by Gasteiger charge is 2.25. The number of nitrogens with zero attached hydrogens (tertiary/aromatic N) is 4. The van der Waals surface area contributed by atoms with Crippen LogP contribution in [0.2, 0.25) is 5.02 Å². The largest absolute Gasteiger partial charge is 0.336 e. The number of carbonyl (C=O) groups is 1. The average Bonchev–Trinajstić information content (AvgIpc) is 3.23. The third-order valence-electron chi connectivity index (χ3n) is 4.70. The van der Waals surface area contributed by atoms with E-state index >= 15 is 0 Å². The molecule has 6 nitrogen and oxygen atoms in total. The summed E-state index contributed by atoms with van der Waals surface area (Å²) in [7, 11) is 0. The number of hydrogen-bond acceptors (Lipinski definition) is 6. The topological polar surface area (TPSA) is 61.4 Å². The molecule has 4 rings (SSSR count). The first kappa shape index (κ1) is 19.8. The standard InChI is InChI=1S/C20H19ClFN5OS/c21-16-5-2-4-15(18(16)22)19(28)27-10-8-26(9-11-27)13-14-3-1-6-17(24-14)25-20-23-7-12-29-20/h1-7,12H,8-11,13H2,(H,23,24,25). The molecular weight excluding hydrogens is 413 g/mol. The molecule has 3 heterocycles. The first-order valence-corrected chi connectivity index (χ1v) is 10.4.